The molecule has 19 heavy (non-hydrogen) atoms. The Kier molecular flexibility index (Phi) is 6.83. The Morgan fingerprint density at radius 1 is 1.37 bits per heavy atom. The van der Waals surface area contributed by atoms with Crippen molar-refractivity contribution in [1.82, 2.24) is 5.32 Å². The minimum absolute atomic E-state index is 0.228. The Hall–Kier alpha value is -0.580. The largest absolute Gasteiger partial charge is 0.317 e. The van der Waals surface area contributed by atoms with Gasteiger partial charge in [-0.2, -0.15) is 0 Å². The highest BCUT2D eigenvalue weighted by Gasteiger charge is 2.11. The summed E-state index contributed by atoms with van der Waals surface area (Å²) in [4.78, 5) is 0. The van der Waals surface area contributed by atoms with E-state index in [1.807, 2.05) is 31.3 Å². The minimum Gasteiger partial charge on any atom is -0.317 e. The van der Waals surface area contributed by atoms with Crippen molar-refractivity contribution in [2.45, 2.75) is 32.2 Å². The van der Waals surface area contributed by atoms with E-state index in [1.165, 1.54) is 5.56 Å². The highest BCUT2D eigenvalue weighted by atomic mass is 35.5. The number of rotatable bonds is 8. The third-order valence-corrected chi connectivity index (χ3v) is 5.25. The summed E-state index contributed by atoms with van der Waals surface area (Å²) in [5, 5.41) is 3.97. The van der Waals surface area contributed by atoms with E-state index in [2.05, 4.69) is 5.32 Å². The van der Waals surface area contributed by atoms with Crippen molar-refractivity contribution in [1.29, 1.82) is 0 Å². The van der Waals surface area contributed by atoms with Gasteiger partial charge in [0.05, 0.1) is 5.75 Å². The molecule has 0 aliphatic rings. The van der Waals surface area contributed by atoms with E-state index in [4.69, 9.17) is 11.6 Å². The second-order valence-electron chi connectivity index (χ2n) is 4.70. The fourth-order valence-corrected chi connectivity index (χ4v) is 3.10. The Morgan fingerprint density at radius 3 is 2.68 bits per heavy atom. The van der Waals surface area contributed by atoms with Gasteiger partial charge in [-0.15, -0.1) is 0 Å². The molecule has 1 N–H and O–H groups in total. The Labute approximate surface area is 121 Å². The van der Waals surface area contributed by atoms with Gasteiger partial charge in [0, 0.05) is 16.8 Å². The van der Waals surface area contributed by atoms with Crippen LogP contribution in [0.4, 0.5) is 0 Å². The van der Waals surface area contributed by atoms with Gasteiger partial charge in [0.1, 0.15) is 9.84 Å². The summed E-state index contributed by atoms with van der Waals surface area (Å²) < 4.78 is 22.9. The summed E-state index contributed by atoms with van der Waals surface area (Å²) in [6.45, 7) is 1.69. The van der Waals surface area contributed by atoms with Crippen molar-refractivity contribution in [2.75, 3.05) is 18.6 Å². The monoisotopic (exact) mass is 303 g/mol. The fraction of sp³-hybridized carbons (Fsp3) is 0.571. The second kappa shape index (κ2) is 7.88. The molecule has 108 valence electrons. The van der Waals surface area contributed by atoms with Crippen LogP contribution in [0.15, 0.2) is 24.3 Å². The number of hydrogen-bond acceptors (Lipinski definition) is 3. The maximum absolute atomic E-state index is 11.4. The second-order valence-corrected chi connectivity index (χ2v) is 7.61. The molecule has 1 atom stereocenters. The van der Waals surface area contributed by atoms with Crippen molar-refractivity contribution in [3.05, 3.63) is 34.9 Å². The van der Waals surface area contributed by atoms with Gasteiger partial charge in [-0.1, -0.05) is 30.7 Å². The van der Waals surface area contributed by atoms with Gasteiger partial charge in [-0.25, -0.2) is 8.42 Å². The molecule has 1 aromatic carbocycles. The molecule has 0 spiro atoms. The SMILES string of the molecule is CCS(=O)(=O)CCCC(Cc1cccc(Cl)c1)NC. The van der Waals surface area contributed by atoms with E-state index in [0.29, 0.717) is 6.42 Å². The smallest absolute Gasteiger partial charge is 0.150 e. The van der Waals surface area contributed by atoms with Crippen LogP contribution in [0.1, 0.15) is 25.3 Å². The van der Waals surface area contributed by atoms with Crippen LogP contribution in [0, 0.1) is 0 Å². The molecule has 3 nitrogen and oxygen atoms in total. The van der Waals surface area contributed by atoms with Crippen molar-refractivity contribution in [2.24, 2.45) is 0 Å². The van der Waals surface area contributed by atoms with Gasteiger partial charge in [0.2, 0.25) is 0 Å². The molecule has 0 aliphatic heterocycles. The first-order chi connectivity index (χ1) is 8.96. The lowest BCUT2D eigenvalue weighted by Gasteiger charge is -2.16. The average Bonchev–Trinajstić information content (AvgIpc) is 2.37. The average molecular weight is 304 g/mol. The summed E-state index contributed by atoms with van der Waals surface area (Å²) >= 11 is 5.95. The molecule has 1 unspecified atom stereocenters. The molecule has 0 bridgehead atoms. The van der Waals surface area contributed by atoms with E-state index in [-0.39, 0.29) is 17.5 Å². The number of nitrogens with one attached hydrogen (secondary N) is 1. The summed E-state index contributed by atoms with van der Waals surface area (Å²) in [7, 11) is -0.946. The van der Waals surface area contributed by atoms with Crippen LogP contribution >= 0.6 is 11.6 Å². The molecular formula is C14H22ClNO2S. The van der Waals surface area contributed by atoms with Gasteiger partial charge in [0.25, 0.3) is 0 Å². The van der Waals surface area contributed by atoms with E-state index >= 15 is 0 Å². The number of benzene rings is 1. The molecule has 5 heteroatoms. The topological polar surface area (TPSA) is 46.2 Å². The van der Waals surface area contributed by atoms with Crippen LogP contribution in [0.5, 0.6) is 0 Å². The highest BCUT2D eigenvalue weighted by molar-refractivity contribution is 7.91. The van der Waals surface area contributed by atoms with Gasteiger partial charge < -0.3 is 5.32 Å². The van der Waals surface area contributed by atoms with Crippen LogP contribution in [0.2, 0.25) is 5.02 Å². The molecule has 0 radical (unpaired) electrons. The molecule has 0 aliphatic carbocycles. The predicted molar refractivity (Wildman–Crippen MR) is 81.6 cm³/mol. The van der Waals surface area contributed by atoms with Crippen LogP contribution < -0.4 is 5.32 Å². The third kappa shape index (κ3) is 6.41. The zero-order valence-corrected chi connectivity index (χ0v) is 13.1. The molecular weight excluding hydrogens is 282 g/mol. The van der Waals surface area contributed by atoms with Crippen LogP contribution in [-0.4, -0.2) is 33.0 Å². The molecule has 1 rings (SSSR count). The number of hydrogen-bond donors (Lipinski definition) is 1. The van der Waals surface area contributed by atoms with E-state index in [1.54, 1.807) is 6.92 Å². The van der Waals surface area contributed by atoms with Gasteiger partial charge in [0.15, 0.2) is 0 Å². The van der Waals surface area contributed by atoms with E-state index in [0.717, 1.165) is 17.9 Å². The summed E-state index contributed by atoms with van der Waals surface area (Å²) in [6, 6.07) is 8.07. The first-order valence-corrected chi connectivity index (χ1v) is 8.79. The van der Waals surface area contributed by atoms with Gasteiger partial charge in [-0.05, 0) is 44.0 Å². The number of likely N-dealkylation sites (N-methyl/N-ethyl adjacent to an activating group) is 1. The first-order valence-electron chi connectivity index (χ1n) is 6.59. The molecule has 0 saturated heterocycles. The van der Waals surface area contributed by atoms with Crippen molar-refractivity contribution in [3.63, 3.8) is 0 Å². The fourth-order valence-electron chi connectivity index (χ4n) is 1.99. The maximum atomic E-state index is 11.4. The zero-order valence-electron chi connectivity index (χ0n) is 11.5. The Bertz CT molecular complexity index is 488. The van der Waals surface area contributed by atoms with Crippen molar-refractivity contribution >= 4 is 21.4 Å². The molecule has 0 amide bonds. The normalized spacial score (nSPS) is 13.4. The quantitative estimate of drug-likeness (QED) is 0.803. The Balaban J connectivity index is 2.46. The van der Waals surface area contributed by atoms with Crippen molar-refractivity contribution in [3.8, 4) is 0 Å². The summed E-state index contributed by atoms with van der Waals surface area (Å²) in [5.74, 6) is 0.503. The minimum atomic E-state index is -2.85. The molecule has 1 aromatic rings. The molecule has 0 aromatic heterocycles. The van der Waals surface area contributed by atoms with Crippen LogP contribution in [0.3, 0.4) is 0 Å². The first kappa shape index (κ1) is 16.5. The summed E-state index contributed by atoms with van der Waals surface area (Å²) in [6.07, 6.45) is 2.41. The maximum Gasteiger partial charge on any atom is 0.150 e. The van der Waals surface area contributed by atoms with E-state index in [9.17, 15) is 8.42 Å². The van der Waals surface area contributed by atoms with E-state index < -0.39 is 9.84 Å². The van der Waals surface area contributed by atoms with Crippen LogP contribution in [-0.2, 0) is 16.3 Å². The zero-order chi connectivity index (χ0) is 14.3. The number of halogens is 1. The molecule has 0 saturated carbocycles. The lowest BCUT2D eigenvalue weighted by atomic mass is 10.0. The lowest BCUT2D eigenvalue weighted by molar-refractivity contribution is 0.511. The predicted octanol–water partition coefficient (Wildman–Crippen LogP) is 2.69. The molecule has 0 heterocycles. The van der Waals surface area contributed by atoms with Crippen LogP contribution in [0.25, 0.3) is 0 Å². The summed E-state index contributed by atoms with van der Waals surface area (Å²) in [5.41, 5.74) is 1.17. The highest BCUT2D eigenvalue weighted by Crippen LogP contribution is 2.14. The van der Waals surface area contributed by atoms with Crippen molar-refractivity contribution < 1.29 is 8.42 Å². The Morgan fingerprint density at radius 2 is 2.11 bits per heavy atom. The molecule has 0 fully saturated rings. The van der Waals surface area contributed by atoms with Gasteiger partial charge in [-0.3, -0.25) is 0 Å². The lowest BCUT2D eigenvalue weighted by Crippen LogP contribution is -2.28. The standard InChI is InChI=1S/C14H22ClNO2S/c1-3-19(17,18)9-5-8-14(16-2)11-12-6-4-7-13(15)10-12/h4,6-7,10,14,16H,3,5,8-9,11H2,1-2H3. The number of sulfone groups is 1. The third-order valence-electron chi connectivity index (χ3n) is 3.23. The van der Waals surface area contributed by atoms with Gasteiger partial charge >= 0.3 is 0 Å².